The van der Waals surface area contributed by atoms with Gasteiger partial charge in [-0.25, -0.2) is 27.5 Å². The minimum Gasteiger partial charge on any atom is -0.338 e. The van der Waals surface area contributed by atoms with Gasteiger partial charge in [-0.1, -0.05) is 6.07 Å². The number of sulfonamides is 1. The summed E-state index contributed by atoms with van der Waals surface area (Å²) in [5.74, 6) is 0.733. The second-order valence-corrected chi connectivity index (χ2v) is 9.07. The smallest absolute Gasteiger partial charge is 0.335 e. The Hall–Kier alpha value is -2.72. The zero-order chi connectivity index (χ0) is 20.4. The second-order valence-electron chi connectivity index (χ2n) is 7.24. The molecule has 1 aromatic carbocycles. The first kappa shape index (κ1) is 19.6. The molecule has 2 amide bonds. The summed E-state index contributed by atoms with van der Waals surface area (Å²) in [6.45, 7) is 6.07. The van der Waals surface area contributed by atoms with E-state index in [2.05, 4.69) is 25.1 Å². The van der Waals surface area contributed by atoms with Gasteiger partial charge in [-0.2, -0.15) is 0 Å². The number of benzene rings is 1. The quantitative estimate of drug-likeness (QED) is 0.789. The maximum absolute atomic E-state index is 12.8. The highest BCUT2D eigenvalue weighted by atomic mass is 32.2. The van der Waals surface area contributed by atoms with Gasteiger partial charge in [-0.3, -0.25) is 4.90 Å². The largest absolute Gasteiger partial charge is 0.338 e. The van der Waals surface area contributed by atoms with Crippen molar-refractivity contribution < 1.29 is 13.2 Å². The first-order chi connectivity index (χ1) is 13.9. The molecule has 0 spiro atoms. The summed E-state index contributed by atoms with van der Waals surface area (Å²) in [6.07, 6.45) is 4.05. The SMILES string of the molecule is Cc1ccc2c(c1)NC(=O)N(CCCN1CCN(c3ncccn3)CC1)S2(=O)=O. The molecule has 29 heavy (non-hydrogen) atoms. The Morgan fingerprint density at radius 3 is 2.52 bits per heavy atom. The summed E-state index contributed by atoms with van der Waals surface area (Å²) in [7, 11) is -3.82. The van der Waals surface area contributed by atoms with Gasteiger partial charge >= 0.3 is 6.03 Å². The molecule has 0 radical (unpaired) electrons. The number of hydrogen-bond donors (Lipinski definition) is 1. The van der Waals surface area contributed by atoms with E-state index in [9.17, 15) is 13.2 Å². The summed E-state index contributed by atoms with van der Waals surface area (Å²) < 4.78 is 26.6. The van der Waals surface area contributed by atoms with Crippen LogP contribution >= 0.6 is 0 Å². The van der Waals surface area contributed by atoms with Crippen LogP contribution in [0.25, 0.3) is 0 Å². The summed E-state index contributed by atoms with van der Waals surface area (Å²) in [5.41, 5.74) is 1.25. The van der Waals surface area contributed by atoms with Crippen LogP contribution in [-0.4, -0.2) is 72.9 Å². The molecule has 2 aliphatic rings. The number of fused-ring (bicyclic) bond motifs is 1. The molecule has 10 heteroatoms. The number of nitrogens with one attached hydrogen (secondary N) is 1. The number of piperazine rings is 1. The van der Waals surface area contributed by atoms with Crippen LogP contribution in [0.1, 0.15) is 12.0 Å². The monoisotopic (exact) mass is 416 g/mol. The van der Waals surface area contributed by atoms with Crippen LogP contribution in [-0.2, 0) is 10.0 Å². The van der Waals surface area contributed by atoms with Gasteiger partial charge in [0, 0.05) is 51.7 Å². The lowest BCUT2D eigenvalue weighted by molar-refractivity contribution is 0.225. The number of nitrogens with zero attached hydrogens (tertiary/aromatic N) is 5. The number of anilines is 2. The molecule has 154 valence electrons. The third-order valence-electron chi connectivity index (χ3n) is 5.21. The van der Waals surface area contributed by atoms with E-state index in [1.807, 2.05) is 6.92 Å². The van der Waals surface area contributed by atoms with E-state index in [1.165, 1.54) is 0 Å². The van der Waals surface area contributed by atoms with Gasteiger partial charge in [-0.15, -0.1) is 0 Å². The van der Waals surface area contributed by atoms with Crippen molar-refractivity contribution in [3.05, 3.63) is 42.2 Å². The molecule has 9 nitrogen and oxygen atoms in total. The Kier molecular flexibility index (Phi) is 5.37. The highest BCUT2D eigenvalue weighted by Crippen LogP contribution is 2.30. The molecule has 0 aliphatic carbocycles. The van der Waals surface area contributed by atoms with Crippen LogP contribution < -0.4 is 10.2 Å². The number of aromatic nitrogens is 2. The van der Waals surface area contributed by atoms with E-state index in [0.717, 1.165) is 48.5 Å². The Balaban J connectivity index is 1.32. The standard InChI is InChI=1S/C19H24N6O3S/c1-15-4-5-17-16(14-15)22-19(26)25(29(17,27)28)9-3-8-23-10-12-24(13-11-23)18-20-6-2-7-21-18/h2,4-7,14H,3,8-13H2,1H3,(H,22,26). The van der Waals surface area contributed by atoms with Crippen molar-refractivity contribution in [2.24, 2.45) is 0 Å². The van der Waals surface area contributed by atoms with Crippen molar-refractivity contribution in [3.63, 3.8) is 0 Å². The predicted octanol–water partition coefficient (Wildman–Crippen LogP) is 1.53. The summed E-state index contributed by atoms with van der Waals surface area (Å²) in [6, 6.07) is 6.18. The fourth-order valence-corrected chi connectivity index (χ4v) is 5.16. The third-order valence-corrected chi connectivity index (χ3v) is 7.05. The third kappa shape index (κ3) is 4.03. The van der Waals surface area contributed by atoms with Crippen molar-refractivity contribution in [2.45, 2.75) is 18.2 Å². The van der Waals surface area contributed by atoms with Crippen LogP contribution in [0.3, 0.4) is 0 Å². The van der Waals surface area contributed by atoms with E-state index >= 15 is 0 Å². The van der Waals surface area contributed by atoms with Gasteiger partial charge in [0.2, 0.25) is 5.95 Å². The van der Waals surface area contributed by atoms with Crippen molar-refractivity contribution in [1.82, 2.24) is 19.2 Å². The van der Waals surface area contributed by atoms with Crippen molar-refractivity contribution in [1.29, 1.82) is 0 Å². The van der Waals surface area contributed by atoms with Crippen molar-refractivity contribution >= 4 is 27.7 Å². The lowest BCUT2D eigenvalue weighted by Crippen LogP contribution is -2.48. The van der Waals surface area contributed by atoms with Gasteiger partial charge in [0.1, 0.15) is 4.90 Å². The first-order valence-electron chi connectivity index (χ1n) is 9.64. The fourth-order valence-electron chi connectivity index (χ4n) is 3.66. The topological polar surface area (TPSA) is 98.7 Å². The Bertz CT molecular complexity index is 990. The van der Waals surface area contributed by atoms with E-state index in [0.29, 0.717) is 12.1 Å². The molecule has 1 saturated heterocycles. The summed E-state index contributed by atoms with van der Waals surface area (Å²) in [4.78, 5) is 25.5. The van der Waals surface area contributed by atoms with Crippen molar-refractivity contribution in [2.75, 3.05) is 49.5 Å². The highest BCUT2D eigenvalue weighted by molar-refractivity contribution is 7.90. The van der Waals surface area contributed by atoms with Crippen LogP contribution in [0, 0.1) is 6.92 Å². The first-order valence-corrected chi connectivity index (χ1v) is 11.1. The van der Waals surface area contributed by atoms with E-state index < -0.39 is 16.1 Å². The molecule has 2 aliphatic heterocycles. The zero-order valence-electron chi connectivity index (χ0n) is 16.3. The Morgan fingerprint density at radius 2 is 1.79 bits per heavy atom. The minimum absolute atomic E-state index is 0.152. The lowest BCUT2D eigenvalue weighted by Gasteiger charge is -2.35. The number of hydrogen-bond acceptors (Lipinski definition) is 7. The van der Waals surface area contributed by atoms with Crippen LogP contribution in [0.2, 0.25) is 0 Å². The predicted molar refractivity (Wildman–Crippen MR) is 109 cm³/mol. The molecule has 0 bridgehead atoms. The molecule has 4 rings (SSSR count). The number of carbonyl (C=O) groups is 1. The molecule has 1 aromatic heterocycles. The fraction of sp³-hybridized carbons (Fsp3) is 0.421. The molecule has 0 atom stereocenters. The molecule has 1 fully saturated rings. The number of rotatable bonds is 5. The molecule has 0 unspecified atom stereocenters. The average molecular weight is 417 g/mol. The maximum atomic E-state index is 12.8. The van der Waals surface area contributed by atoms with Crippen LogP contribution in [0.15, 0.2) is 41.6 Å². The van der Waals surface area contributed by atoms with Gasteiger partial charge in [0.05, 0.1) is 5.69 Å². The Labute approximate surface area is 170 Å². The molecule has 3 heterocycles. The van der Waals surface area contributed by atoms with E-state index in [4.69, 9.17) is 0 Å². The Morgan fingerprint density at radius 1 is 1.07 bits per heavy atom. The highest BCUT2D eigenvalue weighted by Gasteiger charge is 2.36. The normalized spacial score (nSPS) is 19.0. The number of urea groups is 1. The summed E-state index contributed by atoms with van der Waals surface area (Å²) >= 11 is 0. The maximum Gasteiger partial charge on any atom is 0.335 e. The molecule has 1 N–H and O–H groups in total. The average Bonchev–Trinajstić information content (AvgIpc) is 2.71. The van der Waals surface area contributed by atoms with E-state index in [-0.39, 0.29) is 11.4 Å². The number of carbonyl (C=O) groups excluding carboxylic acids is 1. The lowest BCUT2D eigenvalue weighted by atomic mass is 10.2. The van der Waals surface area contributed by atoms with Crippen LogP contribution in [0.5, 0.6) is 0 Å². The van der Waals surface area contributed by atoms with Gasteiger partial charge < -0.3 is 10.2 Å². The molecule has 0 saturated carbocycles. The number of amides is 2. The minimum atomic E-state index is -3.82. The van der Waals surface area contributed by atoms with Crippen molar-refractivity contribution in [3.8, 4) is 0 Å². The summed E-state index contributed by atoms with van der Waals surface area (Å²) in [5, 5.41) is 2.69. The second kappa shape index (κ2) is 7.96. The van der Waals surface area contributed by atoms with Gasteiger partial charge in [-0.05, 0) is 37.1 Å². The zero-order valence-corrected chi connectivity index (χ0v) is 17.1. The van der Waals surface area contributed by atoms with E-state index in [1.54, 1.807) is 36.7 Å². The number of aryl methyl sites for hydroxylation is 1. The molecule has 2 aromatic rings. The van der Waals surface area contributed by atoms with Gasteiger partial charge in [0.25, 0.3) is 10.0 Å². The molecular weight excluding hydrogens is 392 g/mol. The van der Waals surface area contributed by atoms with Crippen LogP contribution in [0.4, 0.5) is 16.4 Å². The molecular formula is C19H24N6O3S. The van der Waals surface area contributed by atoms with Gasteiger partial charge in [0.15, 0.2) is 0 Å².